The molecule has 2 atom stereocenters. The van der Waals surface area contributed by atoms with Crippen molar-refractivity contribution in [3.8, 4) is 11.4 Å². The molecule has 3 N–H and O–H groups in total. The Bertz CT molecular complexity index is 1660. The molecule has 0 bridgehead atoms. The van der Waals surface area contributed by atoms with Crippen molar-refractivity contribution in [2.75, 3.05) is 23.0 Å². The summed E-state index contributed by atoms with van der Waals surface area (Å²) in [6, 6.07) is 20.5. The highest BCUT2D eigenvalue weighted by Crippen LogP contribution is 2.44. The number of aromatic carboxylic acids is 1. The molecule has 12 heteroatoms. The zero-order valence-electron chi connectivity index (χ0n) is 21.0. The smallest absolute Gasteiger partial charge is 0.335 e. The molecule has 0 unspecified atom stereocenters. The van der Waals surface area contributed by atoms with Crippen molar-refractivity contribution in [1.29, 1.82) is 0 Å². The molecule has 1 saturated heterocycles. The van der Waals surface area contributed by atoms with Crippen LogP contribution in [0.1, 0.15) is 33.8 Å². The maximum Gasteiger partial charge on any atom is 0.335 e. The van der Waals surface area contributed by atoms with Gasteiger partial charge in [0.15, 0.2) is 5.11 Å². The van der Waals surface area contributed by atoms with Gasteiger partial charge in [0.25, 0.3) is 0 Å². The van der Waals surface area contributed by atoms with Crippen LogP contribution in [0.4, 0.5) is 11.4 Å². The van der Waals surface area contributed by atoms with Gasteiger partial charge in [-0.1, -0.05) is 12.1 Å². The van der Waals surface area contributed by atoms with E-state index >= 15 is 0 Å². The van der Waals surface area contributed by atoms with Crippen molar-refractivity contribution in [3.05, 3.63) is 102 Å². The van der Waals surface area contributed by atoms with Gasteiger partial charge in [-0.25, -0.2) is 13.2 Å². The van der Waals surface area contributed by atoms with E-state index in [9.17, 15) is 18.3 Å². The second-order valence-corrected chi connectivity index (χ2v) is 11.0. The summed E-state index contributed by atoms with van der Waals surface area (Å²) < 4.78 is 33.6. The second kappa shape index (κ2) is 10.4. The molecule has 2 aromatic carbocycles. The first-order valence-electron chi connectivity index (χ1n) is 11.8. The molecule has 0 saturated carbocycles. The molecule has 1 aliphatic heterocycles. The molecule has 3 heterocycles. The lowest BCUT2D eigenvalue weighted by Crippen LogP contribution is -2.30. The van der Waals surface area contributed by atoms with Crippen LogP contribution in [-0.4, -0.2) is 47.5 Å². The van der Waals surface area contributed by atoms with E-state index in [-0.39, 0.29) is 11.6 Å². The number of hydrogen-bond acceptors (Lipinski definition) is 6. The minimum atomic E-state index is -3.52. The normalized spacial score (nSPS) is 17.1. The maximum absolute atomic E-state index is 11.9. The van der Waals surface area contributed by atoms with Crippen molar-refractivity contribution in [2.24, 2.45) is 0 Å². The topological polar surface area (TPSA) is 126 Å². The Kier molecular flexibility index (Phi) is 6.98. The van der Waals surface area contributed by atoms with E-state index in [0.717, 1.165) is 17.6 Å². The Balaban J connectivity index is 1.65. The standard InChI is InChI=1S/C27H25N5O5S2/c1-37-23-16-19(11-12-20(23)30-39(2,35)36)32-25(24(29-27(32)38)21-9-3-4-13-28-21)22-10-6-14-31(22)18-8-5-7-17(15-18)26(33)34/h3-16,24-25,30H,1-2H3,(H,29,38)(H,33,34)/t24-,25-/m0/s1. The number of benzene rings is 2. The van der Waals surface area contributed by atoms with Gasteiger partial charge in [0.2, 0.25) is 10.0 Å². The first-order valence-corrected chi connectivity index (χ1v) is 14.1. The number of carboxylic acids is 1. The molecule has 0 radical (unpaired) electrons. The van der Waals surface area contributed by atoms with E-state index in [4.69, 9.17) is 17.0 Å². The van der Waals surface area contributed by atoms with Gasteiger partial charge in [0.1, 0.15) is 11.8 Å². The molecule has 2 aromatic heterocycles. The summed E-state index contributed by atoms with van der Waals surface area (Å²) in [7, 11) is -2.06. The van der Waals surface area contributed by atoms with Crippen LogP contribution < -0.4 is 19.7 Å². The van der Waals surface area contributed by atoms with Gasteiger partial charge in [0, 0.05) is 35.5 Å². The Labute approximate surface area is 230 Å². The second-order valence-electron chi connectivity index (χ2n) is 8.91. The summed E-state index contributed by atoms with van der Waals surface area (Å²) in [6.45, 7) is 0. The maximum atomic E-state index is 11.9. The van der Waals surface area contributed by atoms with Gasteiger partial charge < -0.3 is 24.6 Å². The molecular formula is C27H25N5O5S2. The van der Waals surface area contributed by atoms with E-state index < -0.39 is 22.0 Å². The molecule has 0 spiro atoms. The predicted octanol–water partition coefficient (Wildman–Crippen LogP) is 4.13. The largest absolute Gasteiger partial charge is 0.494 e. The zero-order chi connectivity index (χ0) is 27.7. The van der Waals surface area contributed by atoms with Crippen LogP contribution >= 0.6 is 12.2 Å². The fourth-order valence-corrected chi connectivity index (χ4v) is 5.62. The summed E-state index contributed by atoms with van der Waals surface area (Å²) in [5, 5.41) is 13.4. The molecule has 1 fully saturated rings. The average Bonchev–Trinajstić information content (AvgIpc) is 3.53. The van der Waals surface area contributed by atoms with Gasteiger partial charge in [-0.3, -0.25) is 9.71 Å². The first-order chi connectivity index (χ1) is 18.7. The number of carbonyl (C=O) groups is 1. The number of aromatic nitrogens is 2. The van der Waals surface area contributed by atoms with Gasteiger partial charge in [-0.05, 0) is 66.8 Å². The highest BCUT2D eigenvalue weighted by Gasteiger charge is 2.42. The van der Waals surface area contributed by atoms with Crippen LogP contribution in [-0.2, 0) is 10.0 Å². The van der Waals surface area contributed by atoms with E-state index in [1.165, 1.54) is 7.11 Å². The summed E-state index contributed by atoms with van der Waals surface area (Å²) in [5.41, 5.74) is 3.41. The summed E-state index contributed by atoms with van der Waals surface area (Å²) in [5.74, 6) is -0.692. The number of ether oxygens (including phenoxy) is 1. The number of nitrogens with zero attached hydrogens (tertiary/aromatic N) is 3. The molecule has 39 heavy (non-hydrogen) atoms. The molecule has 0 amide bonds. The molecule has 1 aliphatic rings. The number of methoxy groups -OCH3 is 1. The van der Waals surface area contributed by atoms with E-state index in [1.54, 1.807) is 42.6 Å². The first kappa shape index (κ1) is 26.2. The van der Waals surface area contributed by atoms with Crippen molar-refractivity contribution in [2.45, 2.75) is 12.1 Å². The minimum Gasteiger partial charge on any atom is -0.494 e. The van der Waals surface area contributed by atoms with Gasteiger partial charge >= 0.3 is 5.97 Å². The fraction of sp³-hybridized carbons (Fsp3) is 0.148. The van der Waals surface area contributed by atoms with Crippen LogP contribution in [0.15, 0.2) is 85.2 Å². The van der Waals surface area contributed by atoms with Crippen LogP contribution in [0.25, 0.3) is 5.69 Å². The van der Waals surface area contributed by atoms with E-state index in [2.05, 4.69) is 15.0 Å². The number of carboxylic acid groups (broad SMARTS) is 1. The number of thiocarbonyl (C=S) groups is 1. The Morgan fingerprint density at radius 2 is 1.90 bits per heavy atom. The number of sulfonamides is 1. The lowest BCUT2D eigenvalue weighted by atomic mass is 10.0. The molecule has 0 aliphatic carbocycles. The summed E-state index contributed by atoms with van der Waals surface area (Å²) >= 11 is 5.81. The average molecular weight is 564 g/mol. The van der Waals surface area contributed by atoms with Crippen molar-refractivity contribution in [3.63, 3.8) is 0 Å². The van der Waals surface area contributed by atoms with Crippen LogP contribution in [0.2, 0.25) is 0 Å². The zero-order valence-corrected chi connectivity index (χ0v) is 22.6. The number of anilines is 2. The third-order valence-corrected chi connectivity index (χ3v) is 7.22. The third kappa shape index (κ3) is 5.29. The predicted molar refractivity (Wildman–Crippen MR) is 152 cm³/mol. The number of nitrogens with one attached hydrogen (secondary N) is 2. The van der Waals surface area contributed by atoms with Crippen LogP contribution in [0, 0.1) is 0 Å². The summed E-state index contributed by atoms with van der Waals surface area (Å²) in [6.07, 6.45) is 4.65. The lowest BCUT2D eigenvalue weighted by molar-refractivity contribution is 0.0697. The van der Waals surface area contributed by atoms with Crippen molar-refractivity contribution < 1.29 is 23.1 Å². The molecular weight excluding hydrogens is 538 g/mol. The Morgan fingerprint density at radius 1 is 1.08 bits per heavy atom. The molecule has 10 nitrogen and oxygen atoms in total. The van der Waals surface area contributed by atoms with E-state index in [0.29, 0.717) is 27.9 Å². The third-order valence-electron chi connectivity index (χ3n) is 6.31. The molecule has 5 rings (SSSR count). The number of rotatable bonds is 8. The molecule has 4 aromatic rings. The highest BCUT2D eigenvalue weighted by molar-refractivity contribution is 7.92. The van der Waals surface area contributed by atoms with Gasteiger partial charge in [-0.15, -0.1) is 0 Å². The Hall–Kier alpha value is -4.42. The van der Waals surface area contributed by atoms with Crippen LogP contribution in [0.5, 0.6) is 5.75 Å². The van der Waals surface area contributed by atoms with Gasteiger partial charge in [-0.2, -0.15) is 0 Å². The molecule has 200 valence electrons. The monoisotopic (exact) mass is 563 g/mol. The Morgan fingerprint density at radius 3 is 2.59 bits per heavy atom. The lowest BCUT2D eigenvalue weighted by Gasteiger charge is -2.29. The quantitative estimate of drug-likeness (QED) is 0.271. The summed E-state index contributed by atoms with van der Waals surface area (Å²) in [4.78, 5) is 18.1. The van der Waals surface area contributed by atoms with Crippen molar-refractivity contribution in [1.82, 2.24) is 14.9 Å². The van der Waals surface area contributed by atoms with E-state index in [1.807, 2.05) is 52.1 Å². The fourth-order valence-electron chi connectivity index (χ4n) is 4.71. The number of pyridine rings is 1. The van der Waals surface area contributed by atoms with Gasteiger partial charge in [0.05, 0.1) is 36.4 Å². The highest BCUT2D eigenvalue weighted by atomic mass is 32.2. The van der Waals surface area contributed by atoms with Crippen LogP contribution in [0.3, 0.4) is 0 Å². The SMILES string of the molecule is COc1cc(N2C(=S)N[C@@H](c3ccccn3)[C@@H]2c2cccn2-c2cccc(C(=O)O)c2)ccc1NS(C)(=O)=O. The minimum absolute atomic E-state index is 0.170. The number of hydrogen-bond donors (Lipinski definition) is 3. The van der Waals surface area contributed by atoms with Crippen molar-refractivity contribution >= 4 is 44.7 Å².